The van der Waals surface area contributed by atoms with Crippen LogP contribution in [0.1, 0.15) is 98.0 Å². The number of nitrogens with one attached hydrogen (secondary N) is 1. The van der Waals surface area contributed by atoms with E-state index in [1.807, 2.05) is 26.8 Å². The molecule has 1 unspecified atom stereocenters. The molecule has 1 atom stereocenters. The maximum Gasteiger partial charge on any atom is 0.194 e. The van der Waals surface area contributed by atoms with E-state index in [4.69, 9.17) is 0 Å². The van der Waals surface area contributed by atoms with Crippen LogP contribution in [0.15, 0.2) is 76.4 Å². The fourth-order valence-electron chi connectivity index (χ4n) is 4.65. The molecule has 0 amide bonds. The Kier molecular flexibility index (Phi) is 15.8. The maximum absolute atomic E-state index is 14.1. The molecule has 1 aromatic carbocycles. The molecule has 0 aliphatic carbocycles. The topological polar surface area (TPSA) is 24.4 Å². The molecule has 222 valence electrons. The zero-order chi connectivity index (χ0) is 30.4. The summed E-state index contributed by atoms with van der Waals surface area (Å²) in [6.07, 6.45) is 8.29. The Morgan fingerprint density at radius 1 is 0.950 bits per heavy atom. The fraction of sp³-hybridized carbons (Fsp3) is 0.514. The summed E-state index contributed by atoms with van der Waals surface area (Å²) in [5.74, 6) is -3.62. The first-order valence-electron chi connectivity index (χ1n) is 14.5. The van der Waals surface area contributed by atoms with Crippen molar-refractivity contribution >= 4 is 5.71 Å². The van der Waals surface area contributed by atoms with Crippen molar-refractivity contribution in [2.75, 3.05) is 20.1 Å². The Morgan fingerprint density at radius 3 is 2.08 bits per heavy atom. The van der Waals surface area contributed by atoms with Crippen molar-refractivity contribution in [2.24, 2.45) is 10.9 Å². The molecule has 0 bridgehead atoms. The smallest absolute Gasteiger partial charge is 0.194 e. The van der Waals surface area contributed by atoms with Gasteiger partial charge >= 0.3 is 0 Å². The summed E-state index contributed by atoms with van der Waals surface area (Å²) in [5, 5.41) is 3.48. The minimum Gasteiger partial charge on any atom is -0.316 e. The number of unbranched alkanes of at least 4 members (excludes halogenated alkanes) is 2. The average molecular weight is 557 g/mol. The highest BCUT2D eigenvalue weighted by Crippen LogP contribution is 2.34. The van der Waals surface area contributed by atoms with Crippen molar-refractivity contribution < 1.29 is 13.2 Å². The van der Waals surface area contributed by atoms with Crippen molar-refractivity contribution in [1.29, 1.82) is 0 Å². The lowest BCUT2D eigenvalue weighted by molar-refractivity contribution is 0.445. The number of rotatable bonds is 18. The summed E-state index contributed by atoms with van der Waals surface area (Å²) in [7, 11) is 1.76. The van der Waals surface area contributed by atoms with E-state index in [9.17, 15) is 13.2 Å². The standard InChI is InChI=1S/C35H51F3N2/c1-11-12-13-14-25(6)17-30(19-27(8)29-20-32(36)35(38)33(37)21-29)34(28(9)39-10)31(24(4)5)18-26(7)15-16-40-22-23(2)3/h19-21,23,27,40H,4,6-7,11-18,22H2,1-3,5,8-10H3/b30-19-,34-31+,39-28-. The van der Waals surface area contributed by atoms with Gasteiger partial charge in [-0.05, 0) is 99.7 Å². The van der Waals surface area contributed by atoms with Crippen LogP contribution < -0.4 is 5.32 Å². The predicted molar refractivity (Wildman–Crippen MR) is 168 cm³/mol. The molecule has 2 nitrogen and oxygen atoms in total. The van der Waals surface area contributed by atoms with E-state index in [1.54, 1.807) is 7.05 Å². The molecule has 0 aromatic heterocycles. The van der Waals surface area contributed by atoms with E-state index in [2.05, 4.69) is 50.8 Å². The van der Waals surface area contributed by atoms with Crippen LogP contribution in [0, 0.1) is 23.4 Å². The Morgan fingerprint density at radius 2 is 1.55 bits per heavy atom. The van der Waals surface area contributed by atoms with Crippen LogP contribution in [-0.2, 0) is 0 Å². The molecule has 1 aromatic rings. The third kappa shape index (κ3) is 11.8. The fourth-order valence-corrected chi connectivity index (χ4v) is 4.65. The number of nitrogens with zero attached hydrogens (tertiary/aromatic N) is 1. The second-order valence-electron chi connectivity index (χ2n) is 11.4. The van der Waals surface area contributed by atoms with Crippen LogP contribution in [0.25, 0.3) is 0 Å². The molecule has 1 rings (SSSR count). The second kappa shape index (κ2) is 17.9. The largest absolute Gasteiger partial charge is 0.316 e. The number of hydrogen-bond donors (Lipinski definition) is 1. The lowest BCUT2D eigenvalue weighted by Crippen LogP contribution is -2.21. The van der Waals surface area contributed by atoms with Crippen molar-refractivity contribution in [3.05, 3.63) is 94.4 Å². The molecule has 0 saturated carbocycles. The number of allylic oxidation sites excluding steroid dienone is 6. The molecular formula is C35H51F3N2. The predicted octanol–water partition coefficient (Wildman–Crippen LogP) is 10.2. The van der Waals surface area contributed by atoms with Crippen LogP contribution in [0.2, 0.25) is 0 Å². The summed E-state index contributed by atoms with van der Waals surface area (Å²) in [5.41, 5.74) is 7.31. The van der Waals surface area contributed by atoms with Crippen molar-refractivity contribution in [3.8, 4) is 0 Å². The van der Waals surface area contributed by atoms with Crippen LogP contribution >= 0.6 is 0 Å². The lowest BCUT2D eigenvalue weighted by Gasteiger charge is -2.22. The molecule has 1 N–H and O–H groups in total. The molecule has 0 radical (unpaired) electrons. The second-order valence-corrected chi connectivity index (χ2v) is 11.4. The summed E-state index contributed by atoms with van der Waals surface area (Å²) < 4.78 is 41.9. The molecule has 0 heterocycles. The average Bonchev–Trinajstić information content (AvgIpc) is 2.88. The van der Waals surface area contributed by atoms with Gasteiger partial charge in [0.15, 0.2) is 17.5 Å². The number of aliphatic imine (C=N–C) groups is 1. The third-order valence-electron chi connectivity index (χ3n) is 7.03. The minimum absolute atomic E-state index is 0.369. The van der Waals surface area contributed by atoms with Crippen molar-refractivity contribution in [2.45, 2.75) is 92.4 Å². The highest BCUT2D eigenvalue weighted by molar-refractivity contribution is 6.03. The van der Waals surface area contributed by atoms with Crippen LogP contribution in [-0.4, -0.2) is 25.8 Å². The molecule has 0 aliphatic heterocycles. The summed E-state index contributed by atoms with van der Waals surface area (Å²) in [6.45, 7) is 27.2. The van der Waals surface area contributed by atoms with Gasteiger partial charge in [-0.3, -0.25) is 4.99 Å². The highest BCUT2D eigenvalue weighted by atomic mass is 19.2. The zero-order valence-corrected chi connectivity index (χ0v) is 26.0. The first-order valence-corrected chi connectivity index (χ1v) is 14.5. The van der Waals surface area contributed by atoms with Gasteiger partial charge in [0, 0.05) is 18.3 Å². The molecule has 0 saturated heterocycles. The summed E-state index contributed by atoms with van der Waals surface area (Å²) in [4.78, 5) is 4.55. The maximum atomic E-state index is 14.1. The molecule has 0 spiro atoms. The third-order valence-corrected chi connectivity index (χ3v) is 7.03. The number of halogens is 3. The molecule has 0 fully saturated rings. The van der Waals surface area contributed by atoms with E-state index in [0.29, 0.717) is 24.3 Å². The summed E-state index contributed by atoms with van der Waals surface area (Å²) in [6, 6.07) is 2.15. The van der Waals surface area contributed by atoms with Gasteiger partial charge in [-0.2, -0.15) is 0 Å². The van der Waals surface area contributed by atoms with Gasteiger partial charge in [0.25, 0.3) is 0 Å². The van der Waals surface area contributed by atoms with E-state index >= 15 is 0 Å². The van der Waals surface area contributed by atoms with E-state index in [0.717, 1.165) is 96.5 Å². The zero-order valence-electron chi connectivity index (χ0n) is 26.0. The Balaban J connectivity index is 3.62. The van der Waals surface area contributed by atoms with Gasteiger partial charge in [-0.15, -0.1) is 0 Å². The first kappa shape index (κ1) is 35.4. The van der Waals surface area contributed by atoms with Gasteiger partial charge in [-0.1, -0.05) is 83.1 Å². The highest BCUT2D eigenvalue weighted by Gasteiger charge is 2.20. The Hall–Kier alpha value is -2.66. The van der Waals surface area contributed by atoms with Gasteiger partial charge in [-0.25, -0.2) is 13.2 Å². The quantitative estimate of drug-likeness (QED) is 0.0628. The number of hydrogen-bond acceptors (Lipinski definition) is 2. The Bertz CT molecular complexity index is 1100. The van der Waals surface area contributed by atoms with Gasteiger partial charge < -0.3 is 5.32 Å². The van der Waals surface area contributed by atoms with Gasteiger partial charge in [0.1, 0.15) is 0 Å². The van der Waals surface area contributed by atoms with E-state index < -0.39 is 17.5 Å². The molecule has 0 aliphatic rings. The van der Waals surface area contributed by atoms with Crippen LogP contribution in [0.3, 0.4) is 0 Å². The molecule has 40 heavy (non-hydrogen) atoms. The van der Waals surface area contributed by atoms with Crippen molar-refractivity contribution in [1.82, 2.24) is 5.32 Å². The Labute approximate surface area is 242 Å². The minimum atomic E-state index is -1.45. The normalized spacial score (nSPS) is 13.9. The van der Waals surface area contributed by atoms with E-state index in [-0.39, 0.29) is 5.92 Å². The van der Waals surface area contributed by atoms with Crippen LogP contribution in [0.5, 0.6) is 0 Å². The van der Waals surface area contributed by atoms with Crippen LogP contribution in [0.4, 0.5) is 13.2 Å². The SMILES string of the molecule is C=C(CCCCC)CC(=C/C(C)c1cc(F)c(F)c(F)c1)/C(C(/C)=N\C)=C(\CC(=C)CCNCC(C)C)C(=C)C. The van der Waals surface area contributed by atoms with E-state index in [1.165, 1.54) is 0 Å². The lowest BCUT2D eigenvalue weighted by atomic mass is 9.83. The number of benzene rings is 1. The van der Waals surface area contributed by atoms with Gasteiger partial charge in [0.05, 0.1) is 0 Å². The first-order chi connectivity index (χ1) is 18.8. The van der Waals surface area contributed by atoms with Crippen molar-refractivity contribution in [3.63, 3.8) is 0 Å². The molecular weight excluding hydrogens is 505 g/mol. The van der Waals surface area contributed by atoms with Gasteiger partial charge in [0.2, 0.25) is 0 Å². The monoisotopic (exact) mass is 556 g/mol. The summed E-state index contributed by atoms with van der Waals surface area (Å²) >= 11 is 0. The molecule has 5 heteroatoms.